The van der Waals surface area contributed by atoms with E-state index in [9.17, 15) is 4.79 Å². The molecule has 0 aliphatic carbocycles. The molecule has 4 heteroatoms. The van der Waals surface area contributed by atoms with Gasteiger partial charge in [0.15, 0.2) is 0 Å². The fourth-order valence-corrected chi connectivity index (χ4v) is 1.89. The summed E-state index contributed by atoms with van der Waals surface area (Å²) < 4.78 is 0. The molecule has 1 aromatic heterocycles. The molecular formula is C15H17N3O. The maximum absolute atomic E-state index is 11.9. The average molecular weight is 255 g/mol. The van der Waals surface area contributed by atoms with E-state index in [-0.39, 0.29) is 5.78 Å². The Balaban J connectivity index is 1.86. The Bertz CT molecular complexity index is 564. The molecule has 0 unspecified atom stereocenters. The van der Waals surface area contributed by atoms with E-state index >= 15 is 0 Å². The van der Waals surface area contributed by atoms with Crippen LogP contribution >= 0.6 is 0 Å². The topological polar surface area (TPSA) is 82.0 Å². The summed E-state index contributed by atoms with van der Waals surface area (Å²) in [6.07, 6.45) is 3.28. The van der Waals surface area contributed by atoms with Gasteiger partial charge in [0.1, 0.15) is 11.6 Å². The van der Waals surface area contributed by atoms with Crippen LogP contribution in [0, 0.1) is 0 Å². The van der Waals surface area contributed by atoms with Gasteiger partial charge in [-0.05, 0) is 41.8 Å². The zero-order valence-corrected chi connectivity index (χ0v) is 10.7. The van der Waals surface area contributed by atoms with Gasteiger partial charge in [-0.15, -0.1) is 0 Å². The van der Waals surface area contributed by atoms with Gasteiger partial charge < -0.3 is 11.5 Å². The lowest BCUT2D eigenvalue weighted by molar-refractivity contribution is -0.118. The van der Waals surface area contributed by atoms with Crippen molar-refractivity contribution in [2.75, 3.05) is 11.5 Å². The van der Waals surface area contributed by atoms with Crippen LogP contribution in [0.3, 0.4) is 0 Å². The first-order valence-corrected chi connectivity index (χ1v) is 6.20. The number of carbonyl (C=O) groups is 1. The number of Topliss-reactive ketones (excluding diaryl/α,β-unsaturated/α-hetero) is 1. The van der Waals surface area contributed by atoms with Gasteiger partial charge in [0.2, 0.25) is 0 Å². The Labute approximate surface area is 112 Å². The lowest BCUT2D eigenvalue weighted by Crippen LogP contribution is -2.05. The first-order valence-electron chi connectivity index (χ1n) is 6.20. The lowest BCUT2D eigenvalue weighted by atomic mass is 10.0. The van der Waals surface area contributed by atoms with Crippen molar-refractivity contribution in [2.45, 2.75) is 19.3 Å². The number of aryl methyl sites for hydroxylation is 1. The highest BCUT2D eigenvalue weighted by Gasteiger charge is 2.05. The van der Waals surface area contributed by atoms with Gasteiger partial charge in [0, 0.05) is 24.7 Å². The molecule has 2 aromatic rings. The Hall–Kier alpha value is -2.36. The molecule has 1 heterocycles. The van der Waals surface area contributed by atoms with Crippen LogP contribution in [0.1, 0.15) is 17.5 Å². The lowest BCUT2D eigenvalue weighted by Gasteiger charge is -2.03. The molecule has 0 spiro atoms. The summed E-state index contributed by atoms with van der Waals surface area (Å²) in [7, 11) is 0. The third-order valence-electron chi connectivity index (χ3n) is 2.92. The molecule has 0 amide bonds. The third-order valence-corrected chi connectivity index (χ3v) is 2.92. The maximum atomic E-state index is 11.9. The average Bonchev–Trinajstić information content (AvgIpc) is 2.38. The zero-order valence-electron chi connectivity index (χ0n) is 10.7. The van der Waals surface area contributed by atoms with Crippen molar-refractivity contribution >= 4 is 17.3 Å². The second-order valence-corrected chi connectivity index (χ2v) is 4.55. The monoisotopic (exact) mass is 255 g/mol. The number of ketones is 1. The minimum atomic E-state index is 0.197. The van der Waals surface area contributed by atoms with Crippen molar-refractivity contribution in [1.29, 1.82) is 0 Å². The van der Waals surface area contributed by atoms with Gasteiger partial charge in [0.05, 0.1) is 0 Å². The number of benzene rings is 1. The van der Waals surface area contributed by atoms with E-state index in [2.05, 4.69) is 4.98 Å². The van der Waals surface area contributed by atoms with Gasteiger partial charge in [-0.25, -0.2) is 4.98 Å². The largest absolute Gasteiger partial charge is 0.399 e. The molecule has 0 atom stereocenters. The first kappa shape index (κ1) is 13.1. The first-order chi connectivity index (χ1) is 9.13. The number of hydrogen-bond donors (Lipinski definition) is 2. The van der Waals surface area contributed by atoms with Crippen molar-refractivity contribution in [3.63, 3.8) is 0 Å². The predicted octanol–water partition coefficient (Wildman–Crippen LogP) is 1.99. The molecule has 4 N–H and O–H groups in total. The molecule has 1 aromatic carbocycles. The molecule has 0 radical (unpaired) electrons. The van der Waals surface area contributed by atoms with Gasteiger partial charge in [-0.2, -0.15) is 0 Å². The van der Waals surface area contributed by atoms with E-state index in [4.69, 9.17) is 11.5 Å². The summed E-state index contributed by atoms with van der Waals surface area (Å²) in [4.78, 5) is 15.8. The van der Waals surface area contributed by atoms with E-state index in [0.717, 1.165) is 23.2 Å². The van der Waals surface area contributed by atoms with Crippen molar-refractivity contribution in [3.8, 4) is 0 Å². The van der Waals surface area contributed by atoms with E-state index in [0.29, 0.717) is 18.7 Å². The SMILES string of the molecule is Nc1ccc(CCC(=O)Cc2ccnc(N)c2)cc1. The minimum Gasteiger partial charge on any atom is -0.399 e. The fraction of sp³-hybridized carbons (Fsp3) is 0.200. The quantitative estimate of drug-likeness (QED) is 0.800. The van der Waals surface area contributed by atoms with Gasteiger partial charge in [-0.1, -0.05) is 12.1 Å². The summed E-state index contributed by atoms with van der Waals surface area (Å²) in [6, 6.07) is 11.2. The number of carbonyl (C=O) groups excluding carboxylic acids is 1. The highest BCUT2D eigenvalue weighted by Crippen LogP contribution is 2.10. The summed E-state index contributed by atoms with van der Waals surface area (Å²) >= 11 is 0. The molecule has 0 aliphatic rings. The van der Waals surface area contributed by atoms with E-state index < -0.39 is 0 Å². The molecule has 0 aliphatic heterocycles. The molecule has 0 bridgehead atoms. The van der Waals surface area contributed by atoms with Crippen molar-refractivity contribution in [3.05, 3.63) is 53.7 Å². The number of nitrogens with two attached hydrogens (primary N) is 2. The summed E-state index contributed by atoms with van der Waals surface area (Å²) in [5.41, 5.74) is 14.0. The Morgan fingerprint density at radius 1 is 1.05 bits per heavy atom. The third kappa shape index (κ3) is 4.10. The highest BCUT2D eigenvalue weighted by molar-refractivity contribution is 5.81. The van der Waals surface area contributed by atoms with Crippen LogP contribution in [0.5, 0.6) is 0 Å². The minimum absolute atomic E-state index is 0.197. The number of anilines is 2. The molecule has 2 rings (SSSR count). The van der Waals surface area contributed by atoms with Crippen LogP contribution in [0.25, 0.3) is 0 Å². The van der Waals surface area contributed by atoms with Gasteiger partial charge in [-0.3, -0.25) is 4.79 Å². The van der Waals surface area contributed by atoms with Crippen LogP contribution in [-0.4, -0.2) is 10.8 Å². The van der Waals surface area contributed by atoms with Gasteiger partial charge >= 0.3 is 0 Å². The second-order valence-electron chi connectivity index (χ2n) is 4.55. The normalized spacial score (nSPS) is 10.3. The number of nitrogen functional groups attached to an aromatic ring is 2. The van der Waals surface area contributed by atoms with Crippen LogP contribution in [-0.2, 0) is 17.6 Å². The smallest absolute Gasteiger partial charge is 0.137 e. The molecule has 0 saturated carbocycles. The maximum Gasteiger partial charge on any atom is 0.137 e. The summed E-state index contributed by atoms with van der Waals surface area (Å²) in [5.74, 6) is 0.645. The van der Waals surface area contributed by atoms with Crippen LogP contribution in [0.2, 0.25) is 0 Å². The van der Waals surface area contributed by atoms with Crippen molar-refractivity contribution in [1.82, 2.24) is 4.98 Å². The summed E-state index contributed by atoms with van der Waals surface area (Å²) in [5, 5.41) is 0. The number of aromatic nitrogens is 1. The number of pyridine rings is 1. The standard InChI is InChI=1S/C15H17N3O/c16-13-4-1-11(2-5-13)3-6-14(19)9-12-7-8-18-15(17)10-12/h1-2,4-5,7-8,10H,3,6,9,16H2,(H2,17,18). The number of rotatable bonds is 5. The Morgan fingerprint density at radius 2 is 1.79 bits per heavy atom. The zero-order chi connectivity index (χ0) is 13.7. The van der Waals surface area contributed by atoms with E-state index in [1.165, 1.54) is 0 Å². The van der Waals surface area contributed by atoms with Gasteiger partial charge in [0.25, 0.3) is 0 Å². The molecule has 0 saturated heterocycles. The van der Waals surface area contributed by atoms with Crippen LogP contribution in [0.15, 0.2) is 42.6 Å². The molecule has 19 heavy (non-hydrogen) atoms. The molecular weight excluding hydrogens is 238 g/mol. The van der Waals surface area contributed by atoms with E-state index in [1.54, 1.807) is 12.3 Å². The van der Waals surface area contributed by atoms with Crippen molar-refractivity contribution in [2.24, 2.45) is 0 Å². The van der Waals surface area contributed by atoms with E-state index in [1.807, 2.05) is 30.3 Å². The number of nitrogens with zero attached hydrogens (tertiary/aromatic N) is 1. The Kier molecular flexibility index (Phi) is 4.13. The Morgan fingerprint density at radius 3 is 2.47 bits per heavy atom. The molecule has 4 nitrogen and oxygen atoms in total. The number of hydrogen-bond acceptors (Lipinski definition) is 4. The fourth-order valence-electron chi connectivity index (χ4n) is 1.89. The molecule has 0 fully saturated rings. The van der Waals surface area contributed by atoms with Crippen LogP contribution in [0.4, 0.5) is 11.5 Å². The highest BCUT2D eigenvalue weighted by atomic mass is 16.1. The molecule has 98 valence electrons. The summed E-state index contributed by atoms with van der Waals surface area (Å²) in [6.45, 7) is 0. The second kappa shape index (κ2) is 6.00. The predicted molar refractivity (Wildman–Crippen MR) is 76.5 cm³/mol. The van der Waals surface area contributed by atoms with Crippen molar-refractivity contribution < 1.29 is 4.79 Å². The van der Waals surface area contributed by atoms with Crippen LogP contribution < -0.4 is 11.5 Å².